The molecule has 0 amide bonds. The molecule has 1 aromatic heterocycles. The molecule has 0 aliphatic carbocycles. The van der Waals surface area contributed by atoms with Crippen molar-refractivity contribution >= 4 is 35.6 Å². The van der Waals surface area contributed by atoms with E-state index in [0.717, 1.165) is 0 Å². The largest absolute Gasteiger partial charge is 0.484 e. The van der Waals surface area contributed by atoms with Crippen molar-refractivity contribution in [3.8, 4) is 5.75 Å². The lowest BCUT2D eigenvalue weighted by atomic mass is 10.2. The topological polar surface area (TPSA) is 80.4 Å². The Labute approximate surface area is 143 Å². The van der Waals surface area contributed by atoms with Crippen LogP contribution in [-0.4, -0.2) is 27.9 Å². The van der Waals surface area contributed by atoms with Gasteiger partial charge in [0.25, 0.3) is 0 Å². The third kappa shape index (κ3) is 4.02. The fourth-order valence-corrected chi connectivity index (χ4v) is 2.57. The van der Waals surface area contributed by atoms with Crippen molar-refractivity contribution < 1.29 is 14.4 Å². The van der Waals surface area contributed by atoms with Crippen LogP contribution in [0, 0.1) is 0 Å². The van der Waals surface area contributed by atoms with Crippen LogP contribution in [0.4, 0.5) is 0 Å². The predicted molar refractivity (Wildman–Crippen MR) is 83.7 cm³/mol. The lowest BCUT2D eigenvalue weighted by Crippen LogP contribution is -2.15. The molecule has 1 aliphatic heterocycles. The Hall–Kier alpha value is -1.05. The Morgan fingerprint density at radius 1 is 1.41 bits per heavy atom. The van der Waals surface area contributed by atoms with Gasteiger partial charge in [0.05, 0.1) is 17.2 Å². The molecular weight excluding hydrogens is 353 g/mol. The molecule has 2 atom stereocenters. The summed E-state index contributed by atoms with van der Waals surface area (Å²) in [4.78, 5) is 4.24. The molecule has 1 aromatic carbocycles. The van der Waals surface area contributed by atoms with Gasteiger partial charge >= 0.3 is 0 Å². The predicted octanol–water partition coefficient (Wildman–Crippen LogP) is 2.77. The second-order valence-corrected chi connectivity index (χ2v) is 5.61. The summed E-state index contributed by atoms with van der Waals surface area (Å²) in [6.45, 7) is 0.666. The second-order valence-electron chi connectivity index (χ2n) is 4.76. The number of aliphatic hydroxyl groups excluding tert-OH is 1. The highest BCUT2D eigenvalue weighted by molar-refractivity contribution is 6.35. The molecule has 0 saturated carbocycles. The maximum atomic E-state index is 9.47. The number of β-amino-alcohol motifs (C(OH)–C–C–N with tert-alkyl or cyclic N) is 1. The van der Waals surface area contributed by atoms with E-state index < -0.39 is 0 Å². The van der Waals surface area contributed by atoms with Crippen LogP contribution < -0.4 is 10.1 Å². The van der Waals surface area contributed by atoms with Gasteiger partial charge in [-0.1, -0.05) is 28.4 Å². The lowest BCUT2D eigenvalue weighted by molar-refractivity contribution is 0.191. The van der Waals surface area contributed by atoms with E-state index in [9.17, 15) is 5.11 Å². The first-order valence-corrected chi connectivity index (χ1v) is 7.19. The normalized spacial score (nSPS) is 20.7. The van der Waals surface area contributed by atoms with Gasteiger partial charge in [0, 0.05) is 11.6 Å². The van der Waals surface area contributed by atoms with Gasteiger partial charge in [-0.05, 0) is 24.6 Å². The van der Waals surface area contributed by atoms with Crippen LogP contribution >= 0.6 is 35.6 Å². The molecule has 9 heteroatoms. The number of nitrogens with zero attached hydrogens (tertiary/aromatic N) is 2. The van der Waals surface area contributed by atoms with Crippen molar-refractivity contribution in [2.24, 2.45) is 0 Å². The van der Waals surface area contributed by atoms with Gasteiger partial charge in [-0.15, -0.1) is 12.4 Å². The summed E-state index contributed by atoms with van der Waals surface area (Å²) in [5.74, 6) is 1.37. The first-order chi connectivity index (χ1) is 10.1. The SMILES string of the molecule is Cl.O[C@H]1CN[C@@H](c2nc(COc3ccc(Cl)cc3Cl)no2)C1. The van der Waals surface area contributed by atoms with E-state index in [-0.39, 0.29) is 31.2 Å². The summed E-state index contributed by atoms with van der Waals surface area (Å²) in [5, 5.41) is 17.4. The lowest BCUT2D eigenvalue weighted by Gasteiger charge is -2.05. The third-order valence-electron chi connectivity index (χ3n) is 3.14. The van der Waals surface area contributed by atoms with Gasteiger partial charge in [0.2, 0.25) is 11.7 Å². The number of aliphatic hydroxyl groups is 1. The minimum absolute atomic E-state index is 0. The number of halogens is 3. The van der Waals surface area contributed by atoms with Crippen LogP contribution in [0.25, 0.3) is 0 Å². The van der Waals surface area contributed by atoms with Crippen LogP contribution in [0.2, 0.25) is 10.0 Å². The van der Waals surface area contributed by atoms with E-state index >= 15 is 0 Å². The average molecular weight is 367 g/mol. The van der Waals surface area contributed by atoms with E-state index in [2.05, 4.69) is 15.5 Å². The van der Waals surface area contributed by atoms with Crippen molar-refractivity contribution in [3.05, 3.63) is 40.0 Å². The molecule has 1 saturated heterocycles. The molecule has 1 fully saturated rings. The molecule has 0 radical (unpaired) electrons. The molecule has 1 aliphatic rings. The molecule has 0 bridgehead atoms. The summed E-state index contributed by atoms with van der Waals surface area (Å²) < 4.78 is 10.7. The van der Waals surface area contributed by atoms with Gasteiger partial charge in [0.1, 0.15) is 5.75 Å². The summed E-state index contributed by atoms with van der Waals surface area (Å²) in [6.07, 6.45) is 0.181. The maximum absolute atomic E-state index is 9.47. The fraction of sp³-hybridized carbons (Fsp3) is 0.385. The first-order valence-electron chi connectivity index (χ1n) is 6.43. The Morgan fingerprint density at radius 2 is 2.23 bits per heavy atom. The Morgan fingerprint density at radius 3 is 2.91 bits per heavy atom. The number of aromatic nitrogens is 2. The van der Waals surface area contributed by atoms with E-state index in [1.54, 1.807) is 18.2 Å². The number of ether oxygens (including phenoxy) is 1. The van der Waals surface area contributed by atoms with Crippen molar-refractivity contribution in [1.82, 2.24) is 15.5 Å². The van der Waals surface area contributed by atoms with Gasteiger partial charge in [-0.3, -0.25) is 0 Å². The van der Waals surface area contributed by atoms with Crippen LogP contribution in [0.15, 0.2) is 22.7 Å². The highest BCUT2D eigenvalue weighted by Gasteiger charge is 2.28. The molecular formula is C13H14Cl3N3O3. The number of nitrogens with one attached hydrogen (secondary N) is 1. The van der Waals surface area contributed by atoms with E-state index in [0.29, 0.717) is 40.5 Å². The zero-order valence-electron chi connectivity index (χ0n) is 11.3. The van der Waals surface area contributed by atoms with Crippen molar-refractivity contribution in [3.63, 3.8) is 0 Å². The van der Waals surface area contributed by atoms with Gasteiger partial charge in [-0.25, -0.2) is 0 Å². The van der Waals surface area contributed by atoms with Gasteiger partial charge in [-0.2, -0.15) is 4.98 Å². The monoisotopic (exact) mass is 365 g/mol. The zero-order valence-corrected chi connectivity index (χ0v) is 13.7. The molecule has 0 unspecified atom stereocenters. The van der Waals surface area contributed by atoms with Crippen molar-refractivity contribution in [1.29, 1.82) is 0 Å². The number of hydrogen-bond donors (Lipinski definition) is 2. The minimum atomic E-state index is -0.380. The standard InChI is InChI=1S/C13H13Cl2N3O3.ClH/c14-7-1-2-11(9(15)3-7)20-6-12-17-13(21-18-12)10-4-8(19)5-16-10;/h1-3,8,10,16,19H,4-6H2;1H/t8-,10-;/m1./s1. The van der Waals surface area contributed by atoms with E-state index in [4.69, 9.17) is 32.5 Å². The quantitative estimate of drug-likeness (QED) is 0.866. The molecule has 3 rings (SSSR count). The van der Waals surface area contributed by atoms with E-state index in [1.165, 1.54) is 0 Å². The van der Waals surface area contributed by atoms with Crippen molar-refractivity contribution in [2.75, 3.05) is 6.54 Å². The second kappa shape index (κ2) is 7.48. The summed E-state index contributed by atoms with van der Waals surface area (Å²) in [5.41, 5.74) is 0. The van der Waals surface area contributed by atoms with Crippen LogP contribution in [0.1, 0.15) is 24.2 Å². The third-order valence-corrected chi connectivity index (χ3v) is 3.67. The maximum Gasteiger partial charge on any atom is 0.244 e. The number of rotatable bonds is 4. The molecule has 2 N–H and O–H groups in total. The smallest absolute Gasteiger partial charge is 0.244 e. The van der Waals surface area contributed by atoms with Crippen molar-refractivity contribution in [2.45, 2.75) is 25.2 Å². The Kier molecular flexibility index (Phi) is 5.88. The van der Waals surface area contributed by atoms with Crippen LogP contribution in [-0.2, 0) is 6.61 Å². The number of benzene rings is 1. The Bertz CT molecular complexity index is 638. The molecule has 2 heterocycles. The molecule has 22 heavy (non-hydrogen) atoms. The average Bonchev–Trinajstić information content (AvgIpc) is 3.06. The van der Waals surface area contributed by atoms with Crippen LogP contribution in [0.3, 0.4) is 0 Å². The molecule has 120 valence electrons. The van der Waals surface area contributed by atoms with Gasteiger partial charge in [0.15, 0.2) is 6.61 Å². The zero-order chi connectivity index (χ0) is 14.8. The Balaban J connectivity index is 0.00000176. The number of hydrogen-bond acceptors (Lipinski definition) is 6. The molecule has 2 aromatic rings. The highest BCUT2D eigenvalue weighted by Crippen LogP contribution is 2.28. The summed E-state index contributed by atoms with van der Waals surface area (Å²) in [7, 11) is 0. The summed E-state index contributed by atoms with van der Waals surface area (Å²) in [6, 6.07) is 4.86. The fourth-order valence-electron chi connectivity index (χ4n) is 2.11. The minimum Gasteiger partial charge on any atom is -0.484 e. The summed E-state index contributed by atoms with van der Waals surface area (Å²) >= 11 is 11.8. The first kappa shape index (κ1) is 17.3. The van der Waals surface area contributed by atoms with E-state index in [1.807, 2.05) is 0 Å². The highest BCUT2D eigenvalue weighted by atomic mass is 35.5. The molecule has 6 nitrogen and oxygen atoms in total. The van der Waals surface area contributed by atoms with Gasteiger partial charge < -0.3 is 19.7 Å². The van der Waals surface area contributed by atoms with Crippen LogP contribution in [0.5, 0.6) is 5.75 Å². The molecule has 0 spiro atoms.